The minimum atomic E-state index is 0.841. The van der Waals surface area contributed by atoms with Crippen LogP contribution >= 0.6 is 11.8 Å². The summed E-state index contributed by atoms with van der Waals surface area (Å²) in [7, 11) is 0. The fraction of sp³-hybridized carbons (Fsp3) is 1.00. The Kier molecular flexibility index (Phi) is 2.18. The number of hydrogen-bond donors (Lipinski definition) is 0. The van der Waals surface area contributed by atoms with Gasteiger partial charge in [-0.05, 0) is 43.8 Å². The summed E-state index contributed by atoms with van der Waals surface area (Å²) in [6.45, 7) is 0. The van der Waals surface area contributed by atoms with Crippen molar-refractivity contribution in [1.82, 2.24) is 0 Å². The Morgan fingerprint density at radius 2 is 1.91 bits per heavy atom. The molecule has 1 unspecified atom stereocenters. The van der Waals surface area contributed by atoms with E-state index in [-0.39, 0.29) is 0 Å². The van der Waals surface area contributed by atoms with Crippen molar-refractivity contribution in [3.63, 3.8) is 0 Å². The zero-order valence-electron chi connectivity index (χ0n) is 7.44. The molecule has 2 aliphatic rings. The first-order chi connectivity index (χ1) is 5.35. The van der Waals surface area contributed by atoms with Gasteiger partial charge >= 0.3 is 0 Å². The summed E-state index contributed by atoms with van der Waals surface area (Å²) < 4.78 is 0. The molecule has 11 heavy (non-hydrogen) atoms. The molecule has 0 aromatic carbocycles. The second-order valence-electron chi connectivity index (χ2n) is 4.31. The second kappa shape index (κ2) is 3.01. The highest BCUT2D eigenvalue weighted by Crippen LogP contribution is 2.52. The van der Waals surface area contributed by atoms with E-state index in [2.05, 4.69) is 18.0 Å². The molecule has 0 aliphatic heterocycles. The molecule has 0 bridgehead atoms. The third kappa shape index (κ3) is 1.44. The summed E-state index contributed by atoms with van der Waals surface area (Å²) in [5.74, 6) is 0. The molecule has 2 aliphatic carbocycles. The lowest BCUT2D eigenvalue weighted by molar-refractivity contribution is 0.310. The lowest BCUT2D eigenvalue weighted by Crippen LogP contribution is -2.11. The maximum atomic E-state index is 2.28. The summed E-state index contributed by atoms with van der Waals surface area (Å²) in [6, 6.07) is 0. The van der Waals surface area contributed by atoms with Gasteiger partial charge in [0.05, 0.1) is 0 Å². The van der Waals surface area contributed by atoms with E-state index in [4.69, 9.17) is 0 Å². The largest absolute Gasteiger partial charge is 0.162 e. The van der Waals surface area contributed by atoms with Crippen molar-refractivity contribution in [2.24, 2.45) is 5.41 Å². The zero-order valence-corrected chi connectivity index (χ0v) is 8.25. The molecule has 0 N–H and O–H groups in total. The van der Waals surface area contributed by atoms with Crippen molar-refractivity contribution in [3.05, 3.63) is 0 Å². The summed E-state index contributed by atoms with van der Waals surface area (Å²) in [5.41, 5.74) is 0.841. The van der Waals surface area contributed by atoms with Gasteiger partial charge in [0.15, 0.2) is 0 Å². The minimum Gasteiger partial charge on any atom is -0.162 e. The van der Waals surface area contributed by atoms with Gasteiger partial charge in [0.2, 0.25) is 0 Å². The summed E-state index contributed by atoms with van der Waals surface area (Å²) in [5, 5.41) is 1.01. The molecule has 0 amide bonds. The predicted octanol–water partition coefficient (Wildman–Crippen LogP) is 3.46. The molecule has 2 fully saturated rings. The normalized spacial score (nSPS) is 35.2. The predicted molar refractivity (Wildman–Crippen MR) is 52.1 cm³/mol. The Balaban J connectivity index is 1.96. The fourth-order valence-electron chi connectivity index (χ4n) is 2.93. The first-order valence-electron chi connectivity index (χ1n) is 4.87. The van der Waals surface area contributed by atoms with Crippen LogP contribution in [0, 0.1) is 5.41 Å². The van der Waals surface area contributed by atoms with Crippen LogP contribution in [0.25, 0.3) is 0 Å². The highest BCUT2D eigenvalue weighted by atomic mass is 32.2. The van der Waals surface area contributed by atoms with Gasteiger partial charge in [0.1, 0.15) is 0 Å². The number of rotatable bonds is 1. The third-order valence-corrected chi connectivity index (χ3v) is 4.72. The molecule has 0 nitrogen and oxygen atoms in total. The van der Waals surface area contributed by atoms with Crippen molar-refractivity contribution in [3.8, 4) is 0 Å². The highest BCUT2D eigenvalue weighted by molar-refractivity contribution is 7.99. The van der Waals surface area contributed by atoms with Crippen LogP contribution in [0.3, 0.4) is 0 Å². The molecule has 2 rings (SSSR count). The van der Waals surface area contributed by atoms with Gasteiger partial charge in [0, 0.05) is 5.25 Å². The maximum absolute atomic E-state index is 2.28. The molecule has 1 spiro atoms. The lowest BCUT2D eigenvalue weighted by atomic mass is 9.85. The van der Waals surface area contributed by atoms with Crippen LogP contribution in [-0.4, -0.2) is 11.5 Å². The van der Waals surface area contributed by atoms with Crippen LogP contribution in [-0.2, 0) is 0 Å². The van der Waals surface area contributed by atoms with Gasteiger partial charge in [-0.3, -0.25) is 0 Å². The van der Waals surface area contributed by atoms with Gasteiger partial charge in [-0.1, -0.05) is 12.8 Å². The van der Waals surface area contributed by atoms with Gasteiger partial charge in [-0.25, -0.2) is 0 Å². The molecule has 0 saturated heterocycles. The summed E-state index contributed by atoms with van der Waals surface area (Å²) in [6.07, 6.45) is 13.0. The molecule has 0 aromatic heterocycles. The molecule has 1 heteroatoms. The van der Waals surface area contributed by atoms with E-state index in [0.717, 1.165) is 10.7 Å². The first kappa shape index (κ1) is 7.97. The van der Waals surface area contributed by atoms with Crippen LogP contribution in [0.4, 0.5) is 0 Å². The van der Waals surface area contributed by atoms with E-state index < -0.39 is 0 Å². The van der Waals surface area contributed by atoms with Gasteiger partial charge in [-0.2, -0.15) is 11.8 Å². The van der Waals surface area contributed by atoms with E-state index in [9.17, 15) is 0 Å². The molecule has 1 atom stereocenters. The van der Waals surface area contributed by atoms with Crippen LogP contribution in [0.1, 0.15) is 44.9 Å². The van der Waals surface area contributed by atoms with E-state index >= 15 is 0 Å². The van der Waals surface area contributed by atoms with Crippen molar-refractivity contribution in [2.75, 3.05) is 6.26 Å². The first-order valence-corrected chi connectivity index (χ1v) is 6.16. The van der Waals surface area contributed by atoms with E-state index in [0.29, 0.717) is 0 Å². The highest BCUT2D eigenvalue weighted by Gasteiger charge is 2.40. The van der Waals surface area contributed by atoms with Crippen molar-refractivity contribution in [2.45, 2.75) is 50.2 Å². The van der Waals surface area contributed by atoms with Crippen LogP contribution in [0.2, 0.25) is 0 Å². The van der Waals surface area contributed by atoms with Crippen molar-refractivity contribution < 1.29 is 0 Å². The molecule has 64 valence electrons. The smallest absolute Gasteiger partial charge is 0.00497 e. The summed E-state index contributed by atoms with van der Waals surface area (Å²) in [4.78, 5) is 0. The monoisotopic (exact) mass is 170 g/mol. The second-order valence-corrected chi connectivity index (χ2v) is 5.45. The summed E-state index contributed by atoms with van der Waals surface area (Å²) >= 11 is 2.09. The molecular weight excluding hydrogens is 152 g/mol. The van der Waals surface area contributed by atoms with Gasteiger partial charge < -0.3 is 0 Å². The van der Waals surface area contributed by atoms with Crippen LogP contribution in [0.5, 0.6) is 0 Å². The van der Waals surface area contributed by atoms with E-state index in [1.54, 1.807) is 19.3 Å². The molecule has 0 heterocycles. The Morgan fingerprint density at radius 1 is 1.18 bits per heavy atom. The van der Waals surface area contributed by atoms with E-state index in [1.165, 1.54) is 25.7 Å². The average Bonchev–Trinajstić information content (AvgIpc) is 2.62. The van der Waals surface area contributed by atoms with Crippen LogP contribution in [0.15, 0.2) is 0 Å². The topological polar surface area (TPSA) is 0 Å². The standard InChI is InChI=1S/C10H18S/c1-11-9-4-7-10(8-9)5-2-3-6-10/h9H,2-8H2,1H3. The SMILES string of the molecule is CSC1CCC2(CCCC2)C1. The minimum absolute atomic E-state index is 0.841. The molecule has 0 radical (unpaired) electrons. The zero-order chi connectivity index (χ0) is 7.73. The lowest BCUT2D eigenvalue weighted by Gasteiger charge is -2.22. The number of thioether (sulfide) groups is 1. The Morgan fingerprint density at radius 3 is 2.45 bits per heavy atom. The van der Waals surface area contributed by atoms with Crippen molar-refractivity contribution in [1.29, 1.82) is 0 Å². The Labute approximate surface area is 74.1 Å². The Hall–Kier alpha value is 0.350. The Bertz CT molecular complexity index is 136. The fourth-order valence-corrected chi connectivity index (χ4v) is 3.81. The molecular formula is C10H18S. The molecule has 0 aromatic rings. The molecule has 2 saturated carbocycles. The van der Waals surface area contributed by atoms with Gasteiger partial charge in [0.25, 0.3) is 0 Å². The number of hydrogen-bond acceptors (Lipinski definition) is 1. The average molecular weight is 170 g/mol. The van der Waals surface area contributed by atoms with Gasteiger partial charge in [-0.15, -0.1) is 0 Å². The third-order valence-electron chi connectivity index (χ3n) is 3.65. The maximum Gasteiger partial charge on any atom is 0.00497 e. The van der Waals surface area contributed by atoms with Crippen LogP contribution < -0.4 is 0 Å². The van der Waals surface area contributed by atoms with Crippen molar-refractivity contribution >= 4 is 11.8 Å². The van der Waals surface area contributed by atoms with E-state index in [1.807, 2.05) is 0 Å². The quantitative estimate of drug-likeness (QED) is 0.580.